The Morgan fingerprint density at radius 1 is 0.786 bits per heavy atom. The van der Waals surface area contributed by atoms with Gasteiger partial charge in [-0.2, -0.15) is 0 Å². The highest BCUT2D eigenvalue weighted by Gasteiger charge is 2.15. The molecule has 0 fully saturated rings. The smallest absolute Gasteiger partial charge is 0.194 e. The Bertz CT molecular complexity index is 1160. The summed E-state index contributed by atoms with van der Waals surface area (Å²) in [6, 6.07) is 13.7. The summed E-state index contributed by atoms with van der Waals surface area (Å²) in [6.07, 6.45) is 0. The van der Waals surface area contributed by atoms with Crippen molar-refractivity contribution in [3.63, 3.8) is 0 Å². The molecule has 0 bridgehead atoms. The molecular weight excluding hydrogens is 388 g/mol. The summed E-state index contributed by atoms with van der Waals surface area (Å²) in [6.45, 7) is 2.48. The van der Waals surface area contributed by atoms with Gasteiger partial charge in [-0.15, -0.1) is 11.3 Å². The normalized spacial score (nSPS) is 11.2. The lowest BCUT2D eigenvalue weighted by Gasteiger charge is -2.07. The third-order valence-corrected chi connectivity index (χ3v) is 5.50. The molecule has 4 rings (SSSR count). The second-order valence-corrected chi connectivity index (χ2v) is 7.28. The van der Waals surface area contributed by atoms with E-state index in [0.717, 1.165) is 32.8 Å². The average molecular weight is 402 g/mol. The van der Waals surface area contributed by atoms with E-state index in [1.165, 1.54) is 23.5 Å². The van der Waals surface area contributed by atoms with Gasteiger partial charge in [0.1, 0.15) is 11.6 Å². The maximum atomic E-state index is 14.7. The Kier molecular flexibility index (Phi) is 4.81. The summed E-state index contributed by atoms with van der Waals surface area (Å²) < 4.78 is 61.2. The third-order valence-electron chi connectivity index (χ3n) is 4.35. The van der Waals surface area contributed by atoms with Gasteiger partial charge in [-0.05, 0) is 65.9 Å². The van der Waals surface area contributed by atoms with Gasteiger partial charge >= 0.3 is 0 Å². The molecule has 0 saturated heterocycles. The van der Waals surface area contributed by atoms with Crippen molar-refractivity contribution in [1.82, 2.24) is 0 Å². The largest absolute Gasteiger partial charge is 0.494 e. The van der Waals surface area contributed by atoms with Crippen LogP contribution in [0.1, 0.15) is 6.92 Å². The van der Waals surface area contributed by atoms with Crippen molar-refractivity contribution in [1.29, 1.82) is 0 Å². The molecule has 0 atom stereocenters. The van der Waals surface area contributed by atoms with Crippen LogP contribution in [0.4, 0.5) is 17.6 Å². The Morgan fingerprint density at radius 3 is 2.18 bits per heavy atom. The number of thiophene rings is 1. The van der Waals surface area contributed by atoms with Crippen LogP contribution in [0, 0.1) is 23.3 Å². The number of rotatable bonds is 4. The molecule has 0 aliphatic heterocycles. The summed E-state index contributed by atoms with van der Waals surface area (Å²) in [5, 5.41) is 1.01. The number of fused-ring (bicyclic) bond motifs is 1. The molecule has 4 aromatic rings. The Hall–Kier alpha value is -2.86. The first-order valence-electron chi connectivity index (χ1n) is 8.57. The minimum atomic E-state index is -1.57. The van der Waals surface area contributed by atoms with Crippen LogP contribution in [0.5, 0.6) is 5.75 Å². The maximum absolute atomic E-state index is 14.7. The van der Waals surface area contributed by atoms with Crippen LogP contribution < -0.4 is 4.74 Å². The van der Waals surface area contributed by atoms with Crippen molar-refractivity contribution in [2.75, 3.05) is 6.61 Å². The van der Waals surface area contributed by atoms with Crippen LogP contribution in [0.2, 0.25) is 0 Å². The van der Waals surface area contributed by atoms with E-state index in [1.807, 2.05) is 31.2 Å². The van der Waals surface area contributed by atoms with Crippen molar-refractivity contribution in [3.05, 3.63) is 77.9 Å². The molecule has 1 nitrogen and oxygen atoms in total. The molecule has 0 spiro atoms. The number of hydrogen-bond acceptors (Lipinski definition) is 2. The Labute approximate surface area is 162 Å². The molecule has 0 radical (unpaired) electrons. The zero-order chi connectivity index (χ0) is 19.8. The number of ether oxygens (including phenoxy) is 1. The molecule has 0 aliphatic rings. The molecule has 0 unspecified atom stereocenters. The van der Waals surface area contributed by atoms with Crippen LogP contribution in [-0.2, 0) is 0 Å². The molecule has 0 amide bonds. The van der Waals surface area contributed by atoms with E-state index in [4.69, 9.17) is 4.74 Å². The number of halogens is 4. The summed E-state index contributed by atoms with van der Waals surface area (Å²) in [5.74, 6) is -4.15. The standard InChI is InChI=1S/C22H14F4OS/c1-2-27-15-5-3-13-10-20(28-21(13)11-15)12-4-6-16(17(23)7-12)14-8-18(24)22(26)19(25)9-14/h3-11H,2H2,1H3. The Balaban J connectivity index is 1.72. The van der Waals surface area contributed by atoms with Crippen LogP contribution in [0.3, 0.4) is 0 Å². The minimum absolute atomic E-state index is 0.00120. The topological polar surface area (TPSA) is 9.23 Å². The summed E-state index contributed by atoms with van der Waals surface area (Å²) in [7, 11) is 0. The maximum Gasteiger partial charge on any atom is 0.194 e. The van der Waals surface area contributed by atoms with Crippen molar-refractivity contribution < 1.29 is 22.3 Å². The van der Waals surface area contributed by atoms with Gasteiger partial charge in [0.2, 0.25) is 0 Å². The fourth-order valence-corrected chi connectivity index (χ4v) is 4.11. The zero-order valence-corrected chi connectivity index (χ0v) is 15.5. The van der Waals surface area contributed by atoms with E-state index in [0.29, 0.717) is 12.2 Å². The van der Waals surface area contributed by atoms with Gasteiger partial charge in [-0.3, -0.25) is 0 Å². The predicted octanol–water partition coefficient (Wildman–Crippen LogP) is 7.19. The SMILES string of the molecule is CCOc1ccc2cc(-c3ccc(-c4cc(F)c(F)c(F)c4)c(F)c3)sc2c1. The lowest BCUT2D eigenvalue weighted by atomic mass is 10.0. The van der Waals surface area contributed by atoms with Gasteiger partial charge in [0.15, 0.2) is 17.5 Å². The van der Waals surface area contributed by atoms with E-state index in [9.17, 15) is 17.6 Å². The van der Waals surface area contributed by atoms with Crippen LogP contribution in [0.25, 0.3) is 31.7 Å². The van der Waals surface area contributed by atoms with Gasteiger partial charge in [0.25, 0.3) is 0 Å². The molecule has 3 aromatic carbocycles. The van der Waals surface area contributed by atoms with Crippen molar-refractivity contribution in [2.24, 2.45) is 0 Å². The van der Waals surface area contributed by atoms with E-state index in [-0.39, 0.29) is 11.1 Å². The second-order valence-electron chi connectivity index (χ2n) is 6.19. The van der Waals surface area contributed by atoms with E-state index in [1.54, 1.807) is 6.07 Å². The predicted molar refractivity (Wildman–Crippen MR) is 104 cm³/mol. The Morgan fingerprint density at radius 2 is 1.50 bits per heavy atom. The summed E-state index contributed by atoms with van der Waals surface area (Å²) in [5.41, 5.74) is 0.586. The van der Waals surface area contributed by atoms with Gasteiger partial charge in [0, 0.05) is 15.1 Å². The fraction of sp³-hybridized carbons (Fsp3) is 0.0909. The first-order chi connectivity index (χ1) is 13.5. The van der Waals surface area contributed by atoms with Crippen LogP contribution in [-0.4, -0.2) is 6.61 Å². The highest BCUT2D eigenvalue weighted by Crippen LogP contribution is 2.37. The fourth-order valence-electron chi connectivity index (χ4n) is 3.02. The molecular formula is C22H14F4OS. The van der Waals surface area contributed by atoms with Gasteiger partial charge in [0.05, 0.1) is 6.61 Å². The lowest BCUT2D eigenvalue weighted by molar-refractivity contribution is 0.341. The van der Waals surface area contributed by atoms with Crippen LogP contribution >= 0.6 is 11.3 Å². The quantitative estimate of drug-likeness (QED) is 0.259. The molecule has 28 heavy (non-hydrogen) atoms. The van der Waals surface area contributed by atoms with Crippen molar-refractivity contribution in [2.45, 2.75) is 6.92 Å². The lowest BCUT2D eigenvalue weighted by Crippen LogP contribution is -1.93. The summed E-state index contributed by atoms with van der Waals surface area (Å²) in [4.78, 5) is 0.852. The van der Waals surface area contributed by atoms with Gasteiger partial charge in [-0.1, -0.05) is 12.1 Å². The molecule has 0 N–H and O–H groups in total. The highest BCUT2D eigenvalue weighted by atomic mass is 32.1. The van der Waals surface area contributed by atoms with Crippen molar-refractivity contribution >= 4 is 21.4 Å². The summed E-state index contributed by atoms with van der Waals surface area (Å²) >= 11 is 1.49. The van der Waals surface area contributed by atoms with E-state index >= 15 is 0 Å². The second kappa shape index (κ2) is 7.28. The first-order valence-corrected chi connectivity index (χ1v) is 9.39. The molecule has 142 valence electrons. The van der Waals surface area contributed by atoms with Gasteiger partial charge < -0.3 is 4.74 Å². The number of hydrogen-bond donors (Lipinski definition) is 0. The van der Waals surface area contributed by atoms with Crippen LogP contribution in [0.15, 0.2) is 54.6 Å². The number of benzene rings is 3. The molecule has 1 heterocycles. The minimum Gasteiger partial charge on any atom is -0.494 e. The molecule has 1 aromatic heterocycles. The van der Waals surface area contributed by atoms with E-state index < -0.39 is 23.3 Å². The highest BCUT2D eigenvalue weighted by molar-refractivity contribution is 7.22. The van der Waals surface area contributed by atoms with Gasteiger partial charge in [-0.25, -0.2) is 17.6 Å². The molecule has 6 heteroatoms. The third kappa shape index (κ3) is 3.36. The molecule has 0 saturated carbocycles. The molecule has 0 aliphatic carbocycles. The zero-order valence-electron chi connectivity index (χ0n) is 14.7. The monoisotopic (exact) mass is 402 g/mol. The van der Waals surface area contributed by atoms with Crippen molar-refractivity contribution in [3.8, 4) is 27.3 Å². The first kappa shape index (κ1) is 18.5. The average Bonchev–Trinajstić information content (AvgIpc) is 3.09. The van der Waals surface area contributed by atoms with E-state index in [2.05, 4.69) is 0 Å².